The minimum Gasteiger partial charge on any atom is -0.377 e. The number of benzene rings is 1. The van der Waals surface area contributed by atoms with Gasteiger partial charge < -0.3 is 10.2 Å². The molecule has 2 rings (SSSR count). The minimum atomic E-state index is -2.13. The molecule has 0 unspecified atom stereocenters. The van der Waals surface area contributed by atoms with E-state index in [1.807, 2.05) is 13.8 Å². The van der Waals surface area contributed by atoms with Gasteiger partial charge in [0.15, 0.2) is 23.3 Å². The highest BCUT2D eigenvalue weighted by molar-refractivity contribution is 5.48. The summed E-state index contributed by atoms with van der Waals surface area (Å²) in [5, 5.41) is 2.46. The van der Waals surface area contributed by atoms with Crippen LogP contribution in [-0.2, 0) is 0 Å². The maximum Gasteiger partial charge on any atom is 0.200 e. The van der Waals surface area contributed by atoms with Crippen LogP contribution in [-0.4, -0.2) is 30.1 Å². The van der Waals surface area contributed by atoms with E-state index in [4.69, 9.17) is 0 Å². The number of hydrogen-bond donors (Lipinski definition) is 1. The van der Waals surface area contributed by atoms with Gasteiger partial charge in [-0.1, -0.05) is 0 Å². The average Bonchev–Trinajstić information content (AvgIpc) is 2.48. The Morgan fingerprint density at radius 2 is 1.29 bits per heavy atom. The minimum absolute atomic E-state index is 0.312. The summed E-state index contributed by atoms with van der Waals surface area (Å²) in [6, 6.07) is 0.0494. The Balaban J connectivity index is 2.15. The Hall–Kier alpha value is -1.37. The summed E-state index contributed by atoms with van der Waals surface area (Å²) >= 11 is 0. The van der Waals surface area contributed by atoms with E-state index in [1.54, 1.807) is 0 Å². The van der Waals surface area contributed by atoms with E-state index in [2.05, 4.69) is 10.2 Å². The molecular weight excluding hydrogens is 291 g/mol. The molecule has 7 heteroatoms. The van der Waals surface area contributed by atoms with E-state index >= 15 is 0 Å². The molecule has 1 aromatic carbocycles. The number of hydrogen-bond acceptors (Lipinski definition) is 2. The molecule has 1 aliphatic heterocycles. The fourth-order valence-corrected chi connectivity index (χ4v) is 2.50. The topological polar surface area (TPSA) is 15.3 Å². The standard InChI is InChI=1S/C14H17F5N2/c1-7(2)21-5-3-8(4-6-21)20-14-12(18)10(16)9(15)11(17)13(14)19/h7-8,20H,3-6H2,1-2H3. The molecule has 0 aliphatic carbocycles. The van der Waals surface area contributed by atoms with Gasteiger partial charge in [0, 0.05) is 25.2 Å². The van der Waals surface area contributed by atoms with Gasteiger partial charge in [-0.15, -0.1) is 0 Å². The largest absolute Gasteiger partial charge is 0.377 e. The number of halogens is 5. The van der Waals surface area contributed by atoms with E-state index in [9.17, 15) is 22.0 Å². The van der Waals surface area contributed by atoms with Gasteiger partial charge in [0.05, 0.1) is 0 Å². The van der Waals surface area contributed by atoms with Gasteiger partial charge in [-0.25, -0.2) is 22.0 Å². The molecule has 1 fully saturated rings. The molecule has 0 spiro atoms. The molecule has 0 bridgehead atoms. The van der Waals surface area contributed by atoms with Gasteiger partial charge in [-0.05, 0) is 26.7 Å². The zero-order valence-corrected chi connectivity index (χ0v) is 11.8. The molecule has 0 amide bonds. The maximum absolute atomic E-state index is 13.6. The fourth-order valence-electron chi connectivity index (χ4n) is 2.50. The van der Waals surface area contributed by atoms with Gasteiger partial charge in [0.25, 0.3) is 0 Å². The van der Waals surface area contributed by atoms with Crippen LogP contribution in [0, 0.1) is 29.1 Å². The molecule has 1 aliphatic rings. The zero-order chi connectivity index (χ0) is 15.7. The number of rotatable bonds is 3. The lowest BCUT2D eigenvalue weighted by atomic mass is 10.0. The van der Waals surface area contributed by atoms with Crippen molar-refractivity contribution in [1.29, 1.82) is 0 Å². The number of piperidine rings is 1. The van der Waals surface area contributed by atoms with Gasteiger partial charge in [-0.3, -0.25) is 0 Å². The van der Waals surface area contributed by atoms with Crippen LogP contribution in [0.3, 0.4) is 0 Å². The molecule has 118 valence electrons. The lowest BCUT2D eigenvalue weighted by Gasteiger charge is -2.35. The second-order valence-electron chi connectivity index (χ2n) is 5.49. The van der Waals surface area contributed by atoms with Crippen LogP contribution in [0.25, 0.3) is 0 Å². The van der Waals surface area contributed by atoms with Crippen molar-refractivity contribution in [2.45, 2.75) is 38.8 Å². The quantitative estimate of drug-likeness (QED) is 0.521. The molecule has 1 N–H and O–H groups in total. The Bertz CT molecular complexity index is 496. The number of nitrogens with one attached hydrogen (secondary N) is 1. The summed E-state index contributed by atoms with van der Waals surface area (Å²) in [6.45, 7) is 5.51. The SMILES string of the molecule is CC(C)N1CCC(Nc2c(F)c(F)c(F)c(F)c2F)CC1. The van der Waals surface area contributed by atoms with E-state index in [0.29, 0.717) is 32.0 Å². The van der Waals surface area contributed by atoms with Crippen molar-refractivity contribution in [2.75, 3.05) is 18.4 Å². The second-order valence-corrected chi connectivity index (χ2v) is 5.49. The number of nitrogens with zero attached hydrogens (tertiary/aromatic N) is 1. The van der Waals surface area contributed by atoms with Crippen molar-refractivity contribution in [2.24, 2.45) is 0 Å². The van der Waals surface area contributed by atoms with Crippen LogP contribution in [0.5, 0.6) is 0 Å². The van der Waals surface area contributed by atoms with Crippen LogP contribution < -0.4 is 5.32 Å². The van der Waals surface area contributed by atoms with Gasteiger partial charge in [0.1, 0.15) is 5.69 Å². The van der Waals surface area contributed by atoms with Crippen LogP contribution in [0.2, 0.25) is 0 Å². The van der Waals surface area contributed by atoms with Crippen molar-refractivity contribution in [1.82, 2.24) is 4.90 Å². The van der Waals surface area contributed by atoms with E-state index < -0.39 is 34.8 Å². The Morgan fingerprint density at radius 3 is 1.71 bits per heavy atom. The second kappa shape index (κ2) is 6.17. The summed E-state index contributed by atoms with van der Waals surface area (Å²) in [4.78, 5) is 2.19. The highest BCUT2D eigenvalue weighted by atomic mass is 19.2. The third-order valence-corrected chi connectivity index (χ3v) is 3.82. The first-order chi connectivity index (χ1) is 9.82. The molecule has 1 aromatic rings. The van der Waals surface area contributed by atoms with Gasteiger partial charge >= 0.3 is 0 Å². The first-order valence-electron chi connectivity index (χ1n) is 6.85. The van der Waals surface area contributed by atoms with Crippen LogP contribution >= 0.6 is 0 Å². The molecule has 21 heavy (non-hydrogen) atoms. The normalized spacial score (nSPS) is 17.5. The maximum atomic E-state index is 13.6. The highest BCUT2D eigenvalue weighted by Crippen LogP contribution is 2.29. The Kier molecular flexibility index (Phi) is 4.70. The molecule has 0 saturated carbocycles. The Labute approximate surface area is 119 Å². The molecular formula is C14H17F5N2. The summed E-state index contributed by atoms with van der Waals surface area (Å²) < 4.78 is 66.3. The molecule has 2 nitrogen and oxygen atoms in total. The third kappa shape index (κ3) is 3.12. The third-order valence-electron chi connectivity index (χ3n) is 3.82. The number of likely N-dealkylation sites (tertiary alicyclic amines) is 1. The number of anilines is 1. The first-order valence-corrected chi connectivity index (χ1v) is 6.85. The summed E-state index contributed by atoms with van der Waals surface area (Å²) in [7, 11) is 0. The monoisotopic (exact) mass is 308 g/mol. The first kappa shape index (κ1) is 16.0. The zero-order valence-electron chi connectivity index (χ0n) is 11.8. The summed E-state index contributed by atoms with van der Waals surface area (Å²) in [6.07, 6.45) is 1.16. The van der Waals surface area contributed by atoms with E-state index in [0.717, 1.165) is 0 Å². The van der Waals surface area contributed by atoms with Gasteiger partial charge in [-0.2, -0.15) is 0 Å². The lowest BCUT2D eigenvalue weighted by Crippen LogP contribution is -2.42. The summed E-state index contributed by atoms with van der Waals surface area (Å²) in [5.74, 6) is -9.59. The molecule has 1 heterocycles. The fraction of sp³-hybridized carbons (Fsp3) is 0.571. The van der Waals surface area contributed by atoms with Crippen molar-refractivity contribution < 1.29 is 22.0 Å². The van der Waals surface area contributed by atoms with Crippen molar-refractivity contribution in [3.05, 3.63) is 29.1 Å². The lowest BCUT2D eigenvalue weighted by molar-refractivity contribution is 0.177. The highest BCUT2D eigenvalue weighted by Gasteiger charge is 2.28. The molecule has 0 atom stereocenters. The average molecular weight is 308 g/mol. The molecule has 0 radical (unpaired) electrons. The summed E-state index contributed by atoms with van der Waals surface area (Å²) in [5.41, 5.74) is -0.936. The van der Waals surface area contributed by atoms with E-state index in [-0.39, 0.29) is 6.04 Å². The van der Waals surface area contributed by atoms with Crippen LogP contribution in [0.15, 0.2) is 0 Å². The van der Waals surface area contributed by atoms with Crippen molar-refractivity contribution in [3.63, 3.8) is 0 Å². The van der Waals surface area contributed by atoms with Crippen molar-refractivity contribution in [3.8, 4) is 0 Å². The predicted octanol–water partition coefficient (Wildman–Crippen LogP) is 3.67. The Morgan fingerprint density at radius 1 is 0.857 bits per heavy atom. The van der Waals surface area contributed by atoms with Crippen molar-refractivity contribution >= 4 is 5.69 Å². The van der Waals surface area contributed by atoms with Gasteiger partial charge in [0.2, 0.25) is 5.82 Å². The molecule has 1 saturated heterocycles. The molecule has 0 aromatic heterocycles. The van der Waals surface area contributed by atoms with Crippen LogP contribution in [0.4, 0.5) is 27.6 Å². The smallest absolute Gasteiger partial charge is 0.200 e. The van der Waals surface area contributed by atoms with Crippen LogP contribution in [0.1, 0.15) is 26.7 Å². The predicted molar refractivity (Wildman–Crippen MR) is 69.6 cm³/mol. The van der Waals surface area contributed by atoms with E-state index in [1.165, 1.54) is 0 Å².